The summed E-state index contributed by atoms with van der Waals surface area (Å²) in [5, 5.41) is 0. The Bertz CT molecular complexity index is 653. The maximum atomic E-state index is 13.0. The summed E-state index contributed by atoms with van der Waals surface area (Å²) in [6.45, 7) is 5.55. The number of carbonyl (C=O) groups excluding carboxylic acids is 2. The molecule has 4 rings (SSSR count). The monoisotopic (exact) mass is 431 g/mol. The molecule has 150 valence electrons. The standard InChI is InChI=1S/C19H20NO3.C5H5.Fe/c1-19(2,3)18(22)20-15(13-9-5-4-6-10-13)17(21)23-16(20)14-11-7-8-12-14;1-2-4-5-3-1;/h4-12,15-16H,1-3H3;1-5H;/q;;+2/t15-,16-;;/m1../s1. The summed E-state index contributed by atoms with van der Waals surface area (Å²) >= 11 is 0. The summed E-state index contributed by atoms with van der Waals surface area (Å²) in [5.74, 6) is 0.317. The first-order chi connectivity index (χ1) is 13.4. The van der Waals surface area contributed by atoms with Crippen LogP contribution in [0.1, 0.15) is 32.4 Å². The van der Waals surface area contributed by atoms with Crippen molar-refractivity contribution in [3.05, 3.63) is 99.6 Å². The smallest absolute Gasteiger partial charge is 0.439 e. The molecule has 1 heterocycles. The van der Waals surface area contributed by atoms with Gasteiger partial charge in [-0.1, -0.05) is 51.1 Å². The predicted molar refractivity (Wildman–Crippen MR) is 107 cm³/mol. The molecule has 3 fully saturated rings. The fourth-order valence-corrected chi connectivity index (χ4v) is 3.13. The van der Waals surface area contributed by atoms with E-state index < -0.39 is 17.7 Å². The van der Waals surface area contributed by atoms with Gasteiger partial charge in [0, 0.05) is 11.3 Å². The van der Waals surface area contributed by atoms with E-state index in [9.17, 15) is 9.59 Å². The quantitative estimate of drug-likeness (QED) is 0.527. The SMILES string of the molecule is CC(C)(C)C(=O)N1[C@@H]([C]2[CH][CH][CH][CH]2)OC(=O)[C@H]1c1ccccc1.[CH]1[CH][CH][CH][CH]1.[Fe+2]. The van der Waals surface area contributed by atoms with E-state index in [0.29, 0.717) is 0 Å². The van der Waals surface area contributed by atoms with E-state index in [1.807, 2.05) is 109 Å². The van der Waals surface area contributed by atoms with Gasteiger partial charge in [-0.2, -0.15) is 0 Å². The van der Waals surface area contributed by atoms with E-state index in [1.165, 1.54) is 0 Å². The normalized spacial score (nSPS) is 24.5. The van der Waals surface area contributed by atoms with E-state index in [2.05, 4.69) is 0 Å². The van der Waals surface area contributed by atoms with Crippen LogP contribution < -0.4 is 0 Å². The fourth-order valence-electron chi connectivity index (χ4n) is 3.13. The van der Waals surface area contributed by atoms with Crippen LogP contribution in [-0.4, -0.2) is 23.0 Å². The van der Waals surface area contributed by atoms with E-state index in [1.54, 1.807) is 4.90 Å². The van der Waals surface area contributed by atoms with Crippen LogP contribution in [0.3, 0.4) is 0 Å². The summed E-state index contributed by atoms with van der Waals surface area (Å²) in [6.07, 6.45) is 16.8. The zero-order valence-electron chi connectivity index (χ0n) is 16.8. The van der Waals surface area contributed by atoms with Crippen molar-refractivity contribution in [2.24, 2.45) is 5.41 Å². The first-order valence-electron chi connectivity index (χ1n) is 9.36. The van der Waals surface area contributed by atoms with Crippen molar-refractivity contribution in [2.45, 2.75) is 33.0 Å². The molecule has 1 aromatic rings. The minimum Gasteiger partial charge on any atom is -0.439 e. The molecule has 0 bridgehead atoms. The minimum atomic E-state index is -0.706. The molecule has 5 heteroatoms. The Balaban J connectivity index is 0.000000437. The average molecular weight is 431 g/mol. The van der Waals surface area contributed by atoms with Gasteiger partial charge in [-0.3, -0.25) is 9.69 Å². The van der Waals surface area contributed by atoms with Gasteiger partial charge in [-0.15, -0.1) is 0 Å². The molecule has 1 aliphatic heterocycles. The minimum absolute atomic E-state index is 0. The van der Waals surface area contributed by atoms with E-state index in [0.717, 1.165) is 11.5 Å². The molecule has 1 aromatic carbocycles. The molecule has 0 spiro atoms. The molecule has 0 N–H and O–H groups in total. The number of rotatable bonds is 2. The zero-order valence-corrected chi connectivity index (χ0v) is 17.9. The van der Waals surface area contributed by atoms with Crippen molar-refractivity contribution in [1.29, 1.82) is 0 Å². The Morgan fingerprint density at radius 3 is 1.90 bits per heavy atom. The molecule has 29 heavy (non-hydrogen) atoms. The number of hydrogen-bond acceptors (Lipinski definition) is 3. The Labute approximate surface area is 186 Å². The second-order valence-electron chi connectivity index (χ2n) is 7.75. The summed E-state index contributed by atoms with van der Waals surface area (Å²) in [4.78, 5) is 27.1. The van der Waals surface area contributed by atoms with Crippen molar-refractivity contribution in [3.8, 4) is 0 Å². The first kappa shape index (κ1) is 24.0. The number of nitrogens with zero attached hydrogens (tertiary/aromatic N) is 1. The third-order valence-electron chi connectivity index (χ3n) is 4.50. The number of benzene rings is 1. The van der Waals surface area contributed by atoms with Crippen LogP contribution in [-0.2, 0) is 31.4 Å². The van der Waals surface area contributed by atoms with E-state index >= 15 is 0 Å². The molecule has 4 nitrogen and oxygen atoms in total. The van der Waals surface area contributed by atoms with Crippen molar-refractivity contribution in [3.63, 3.8) is 0 Å². The topological polar surface area (TPSA) is 46.6 Å². The number of esters is 1. The van der Waals surface area contributed by atoms with Gasteiger partial charge in [0.2, 0.25) is 5.91 Å². The number of ether oxygens (including phenoxy) is 1. The molecule has 2 aliphatic carbocycles. The summed E-state index contributed by atoms with van der Waals surface area (Å²) in [5.41, 5.74) is 0.162. The Morgan fingerprint density at radius 1 is 0.897 bits per heavy atom. The molecule has 2 atom stereocenters. The van der Waals surface area contributed by atoms with Gasteiger partial charge in [0.15, 0.2) is 12.3 Å². The Kier molecular flexibility index (Phi) is 8.78. The van der Waals surface area contributed by atoms with Gasteiger partial charge in [0.05, 0.1) is 0 Å². The number of hydrogen-bond donors (Lipinski definition) is 0. The molecule has 10 radical (unpaired) electrons. The molecule has 2 saturated carbocycles. The molecule has 1 saturated heterocycles. The van der Waals surface area contributed by atoms with Crippen LogP contribution >= 0.6 is 0 Å². The fraction of sp³-hybridized carbons (Fsp3) is 0.250. The number of cyclic esters (lactones) is 1. The number of carbonyl (C=O) groups is 2. The van der Waals surface area contributed by atoms with E-state index in [-0.39, 0.29) is 28.9 Å². The van der Waals surface area contributed by atoms with Crippen LogP contribution in [0.5, 0.6) is 0 Å². The molecular formula is C24H25FeNO3+2. The number of amides is 1. The molecular weight excluding hydrogens is 406 g/mol. The molecule has 0 aromatic heterocycles. The second-order valence-corrected chi connectivity index (χ2v) is 7.75. The molecule has 0 unspecified atom stereocenters. The van der Waals surface area contributed by atoms with Crippen molar-refractivity contribution >= 4 is 11.9 Å². The molecule has 3 aliphatic rings. The van der Waals surface area contributed by atoms with Crippen LogP contribution in [0.2, 0.25) is 0 Å². The largest absolute Gasteiger partial charge is 2.00 e. The van der Waals surface area contributed by atoms with Crippen molar-refractivity contribution in [1.82, 2.24) is 4.90 Å². The van der Waals surface area contributed by atoms with Gasteiger partial charge in [0.25, 0.3) is 0 Å². The molecule has 1 amide bonds. The van der Waals surface area contributed by atoms with Gasteiger partial charge in [0.1, 0.15) is 0 Å². The van der Waals surface area contributed by atoms with Gasteiger partial charge in [-0.05, 0) is 63.4 Å². The van der Waals surface area contributed by atoms with Gasteiger partial charge in [-0.25, -0.2) is 4.79 Å². The maximum Gasteiger partial charge on any atom is 2.00 e. The van der Waals surface area contributed by atoms with Gasteiger partial charge >= 0.3 is 23.0 Å². The maximum absolute atomic E-state index is 13.0. The Morgan fingerprint density at radius 2 is 1.41 bits per heavy atom. The van der Waals surface area contributed by atoms with Crippen LogP contribution in [0.15, 0.2) is 30.3 Å². The Hall–Kier alpha value is -1.32. The van der Waals surface area contributed by atoms with Crippen LogP contribution in [0.25, 0.3) is 0 Å². The summed E-state index contributed by atoms with van der Waals surface area (Å²) in [6, 6.07) is 8.60. The van der Waals surface area contributed by atoms with Crippen LogP contribution in [0.4, 0.5) is 0 Å². The predicted octanol–water partition coefficient (Wildman–Crippen LogP) is 3.91. The average Bonchev–Trinajstić information content (AvgIpc) is 3.43. The second kappa shape index (κ2) is 10.6. The van der Waals surface area contributed by atoms with E-state index in [4.69, 9.17) is 4.74 Å². The zero-order chi connectivity index (χ0) is 20.1. The summed E-state index contributed by atoms with van der Waals surface area (Å²) < 4.78 is 5.57. The van der Waals surface area contributed by atoms with Gasteiger partial charge < -0.3 is 4.74 Å². The van der Waals surface area contributed by atoms with Crippen molar-refractivity contribution in [2.75, 3.05) is 0 Å². The third kappa shape index (κ3) is 5.86. The first-order valence-corrected chi connectivity index (χ1v) is 9.36. The summed E-state index contributed by atoms with van der Waals surface area (Å²) in [7, 11) is 0. The van der Waals surface area contributed by atoms with Crippen molar-refractivity contribution < 1.29 is 31.4 Å². The van der Waals surface area contributed by atoms with Crippen LogP contribution in [0, 0.1) is 69.1 Å². The third-order valence-corrected chi connectivity index (χ3v) is 4.50.